The fourth-order valence-corrected chi connectivity index (χ4v) is 3.59. The number of hydrogen-bond donors (Lipinski definition) is 1. The van der Waals surface area contributed by atoms with E-state index in [1.165, 1.54) is 0 Å². The number of aromatic nitrogens is 1. The summed E-state index contributed by atoms with van der Waals surface area (Å²) in [4.78, 5) is 27.3. The molecule has 1 unspecified atom stereocenters. The maximum absolute atomic E-state index is 13.0. The van der Waals surface area contributed by atoms with Crippen molar-refractivity contribution in [1.29, 1.82) is 0 Å². The van der Waals surface area contributed by atoms with Gasteiger partial charge in [0.05, 0.1) is 17.8 Å². The second-order valence-electron chi connectivity index (χ2n) is 7.68. The van der Waals surface area contributed by atoms with Gasteiger partial charge < -0.3 is 29.0 Å². The Kier molecular flexibility index (Phi) is 8.93. The Morgan fingerprint density at radius 1 is 1.03 bits per heavy atom. The first kappa shape index (κ1) is 25.1. The van der Waals surface area contributed by atoms with E-state index in [-0.39, 0.29) is 11.7 Å². The largest absolute Gasteiger partial charge is 0.481 e. The van der Waals surface area contributed by atoms with E-state index in [1.807, 2.05) is 61.9 Å². The van der Waals surface area contributed by atoms with Crippen molar-refractivity contribution in [2.45, 2.75) is 40.3 Å². The van der Waals surface area contributed by atoms with Gasteiger partial charge in [0.2, 0.25) is 0 Å². The van der Waals surface area contributed by atoms with Gasteiger partial charge in [-0.25, -0.2) is 4.79 Å². The van der Waals surface area contributed by atoms with Crippen molar-refractivity contribution in [1.82, 2.24) is 9.47 Å². The summed E-state index contributed by atoms with van der Waals surface area (Å²) in [5.74, 6) is 0.532. The van der Waals surface area contributed by atoms with Gasteiger partial charge in [-0.2, -0.15) is 0 Å². The van der Waals surface area contributed by atoms with Crippen molar-refractivity contribution in [3.05, 3.63) is 54.7 Å². The van der Waals surface area contributed by atoms with Crippen LogP contribution >= 0.6 is 0 Å². The third-order valence-corrected chi connectivity index (χ3v) is 5.49. The molecular formula is C26H33N3O5. The summed E-state index contributed by atoms with van der Waals surface area (Å²) in [6.07, 6.45) is 0.701. The van der Waals surface area contributed by atoms with Crippen molar-refractivity contribution in [3.8, 4) is 11.5 Å². The van der Waals surface area contributed by atoms with Gasteiger partial charge in [-0.15, -0.1) is 0 Å². The highest BCUT2D eigenvalue weighted by Crippen LogP contribution is 2.35. The number of benzene rings is 2. The lowest BCUT2D eigenvalue weighted by Crippen LogP contribution is -2.34. The number of nitrogens with zero attached hydrogens (tertiary/aromatic N) is 2. The van der Waals surface area contributed by atoms with Crippen LogP contribution in [0.5, 0.6) is 11.5 Å². The summed E-state index contributed by atoms with van der Waals surface area (Å²) in [6, 6.07) is 14.6. The molecule has 0 radical (unpaired) electrons. The standard InChI is InChI=1S/C26H33N3O5/c1-5-28(6-2)26(31)34-23-14-13-22-21(15-16-29(22)17-18-32-7-3)24(23)27-25(30)19(4)33-20-11-9-8-10-12-20/h8-16,19H,5-7,17-18H2,1-4H3,(H,27,30). The molecule has 0 bridgehead atoms. The van der Waals surface area contributed by atoms with Crippen LogP contribution in [0.3, 0.4) is 0 Å². The molecule has 8 heteroatoms. The molecular weight excluding hydrogens is 434 g/mol. The Hall–Kier alpha value is -3.52. The van der Waals surface area contributed by atoms with Crippen molar-refractivity contribution in [2.75, 3.05) is 31.6 Å². The molecule has 0 aliphatic heterocycles. The van der Waals surface area contributed by atoms with E-state index in [9.17, 15) is 9.59 Å². The Bertz CT molecular complexity index is 1090. The number of anilines is 1. The van der Waals surface area contributed by atoms with Crippen LogP contribution in [0.1, 0.15) is 27.7 Å². The van der Waals surface area contributed by atoms with Crippen LogP contribution in [-0.2, 0) is 16.1 Å². The van der Waals surface area contributed by atoms with Crippen molar-refractivity contribution in [3.63, 3.8) is 0 Å². The minimum absolute atomic E-state index is 0.284. The van der Waals surface area contributed by atoms with Crippen LogP contribution in [0.4, 0.5) is 10.5 Å². The quantitative estimate of drug-likeness (QED) is 0.405. The number of amides is 2. The fourth-order valence-electron chi connectivity index (χ4n) is 3.59. The van der Waals surface area contributed by atoms with E-state index in [4.69, 9.17) is 14.2 Å². The molecule has 0 aliphatic rings. The lowest BCUT2D eigenvalue weighted by Gasteiger charge is -2.21. The van der Waals surface area contributed by atoms with Crippen LogP contribution in [-0.4, -0.2) is 53.9 Å². The van der Waals surface area contributed by atoms with Crippen molar-refractivity contribution >= 4 is 28.6 Å². The molecule has 1 aromatic heterocycles. The number of para-hydroxylation sites is 1. The molecule has 1 N–H and O–H groups in total. The normalized spacial score (nSPS) is 11.8. The van der Waals surface area contributed by atoms with Crippen LogP contribution in [0.25, 0.3) is 10.9 Å². The monoisotopic (exact) mass is 467 g/mol. The van der Waals surface area contributed by atoms with Gasteiger partial charge >= 0.3 is 6.09 Å². The predicted octanol–water partition coefficient (Wildman–Crippen LogP) is 4.92. The zero-order valence-electron chi connectivity index (χ0n) is 20.2. The smallest absolute Gasteiger partial charge is 0.415 e. The number of ether oxygens (including phenoxy) is 3. The van der Waals surface area contributed by atoms with E-state index >= 15 is 0 Å². The maximum atomic E-state index is 13.0. The summed E-state index contributed by atoms with van der Waals surface area (Å²) in [7, 11) is 0. The van der Waals surface area contributed by atoms with Gasteiger partial charge in [-0.3, -0.25) is 4.79 Å². The Balaban J connectivity index is 1.90. The van der Waals surface area contributed by atoms with Gasteiger partial charge in [0.15, 0.2) is 11.9 Å². The summed E-state index contributed by atoms with van der Waals surface area (Å²) in [6.45, 7) is 10.3. The molecule has 3 rings (SSSR count). The third kappa shape index (κ3) is 6.08. The van der Waals surface area contributed by atoms with E-state index in [1.54, 1.807) is 30.0 Å². The molecule has 8 nitrogen and oxygen atoms in total. The van der Waals surface area contributed by atoms with Gasteiger partial charge in [-0.1, -0.05) is 18.2 Å². The number of fused-ring (bicyclic) bond motifs is 1. The number of nitrogens with one attached hydrogen (secondary N) is 1. The average molecular weight is 468 g/mol. The average Bonchev–Trinajstić information content (AvgIpc) is 3.25. The van der Waals surface area contributed by atoms with Crippen LogP contribution in [0, 0.1) is 0 Å². The molecule has 0 saturated heterocycles. The van der Waals surface area contributed by atoms with Gasteiger partial charge in [0, 0.05) is 37.8 Å². The Morgan fingerprint density at radius 3 is 2.44 bits per heavy atom. The molecule has 182 valence electrons. The first-order valence-corrected chi connectivity index (χ1v) is 11.7. The van der Waals surface area contributed by atoms with E-state index in [2.05, 4.69) is 5.32 Å². The molecule has 1 heterocycles. The van der Waals surface area contributed by atoms with Gasteiger partial charge in [0.25, 0.3) is 5.91 Å². The zero-order chi connectivity index (χ0) is 24.5. The Labute approximate surface area is 200 Å². The van der Waals surface area contributed by atoms with E-state index in [0.717, 1.165) is 10.9 Å². The lowest BCUT2D eigenvalue weighted by molar-refractivity contribution is -0.122. The Morgan fingerprint density at radius 2 is 1.76 bits per heavy atom. The molecule has 0 spiro atoms. The highest BCUT2D eigenvalue weighted by Gasteiger charge is 2.22. The first-order valence-electron chi connectivity index (χ1n) is 11.7. The number of rotatable bonds is 11. The van der Waals surface area contributed by atoms with Crippen LogP contribution < -0.4 is 14.8 Å². The van der Waals surface area contributed by atoms with Crippen molar-refractivity contribution in [2.24, 2.45) is 0 Å². The molecule has 0 aliphatic carbocycles. The lowest BCUT2D eigenvalue weighted by atomic mass is 10.2. The number of hydrogen-bond acceptors (Lipinski definition) is 5. The van der Waals surface area contributed by atoms with Gasteiger partial charge in [-0.05, 0) is 58.0 Å². The summed E-state index contributed by atoms with van der Waals surface area (Å²) in [5.41, 5.74) is 1.33. The SMILES string of the molecule is CCOCCn1ccc2c(NC(=O)C(C)Oc3ccccc3)c(OC(=O)N(CC)CC)ccc21. The summed E-state index contributed by atoms with van der Waals surface area (Å²) < 4.78 is 19.0. The highest BCUT2D eigenvalue weighted by atomic mass is 16.6. The number of carbonyl (C=O) groups excluding carboxylic acids is 2. The number of carbonyl (C=O) groups is 2. The maximum Gasteiger partial charge on any atom is 0.415 e. The second-order valence-corrected chi connectivity index (χ2v) is 7.68. The highest BCUT2D eigenvalue weighted by molar-refractivity contribution is 6.05. The minimum atomic E-state index is -0.760. The van der Waals surface area contributed by atoms with E-state index < -0.39 is 12.2 Å². The second kappa shape index (κ2) is 12.1. The zero-order valence-corrected chi connectivity index (χ0v) is 20.2. The fraction of sp³-hybridized carbons (Fsp3) is 0.385. The molecule has 34 heavy (non-hydrogen) atoms. The van der Waals surface area contributed by atoms with Crippen LogP contribution in [0.15, 0.2) is 54.7 Å². The third-order valence-electron chi connectivity index (χ3n) is 5.49. The van der Waals surface area contributed by atoms with Gasteiger partial charge in [0.1, 0.15) is 5.75 Å². The topological polar surface area (TPSA) is 82.0 Å². The molecule has 0 saturated carbocycles. The van der Waals surface area contributed by atoms with Crippen LogP contribution in [0.2, 0.25) is 0 Å². The molecule has 1 atom stereocenters. The molecule has 2 amide bonds. The summed E-state index contributed by atoms with van der Waals surface area (Å²) in [5, 5.41) is 3.70. The molecule has 3 aromatic rings. The minimum Gasteiger partial charge on any atom is -0.481 e. The van der Waals surface area contributed by atoms with E-state index in [0.29, 0.717) is 44.3 Å². The molecule has 2 aromatic carbocycles. The summed E-state index contributed by atoms with van der Waals surface area (Å²) >= 11 is 0. The van der Waals surface area contributed by atoms with Crippen molar-refractivity contribution < 1.29 is 23.8 Å². The first-order chi connectivity index (χ1) is 16.5. The molecule has 0 fully saturated rings. The predicted molar refractivity (Wildman–Crippen MR) is 133 cm³/mol.